The van der Waals surface area contributed by atoms with Gasteiger partial charge >= 0.3 is 6.18 Å². The van der Waals surface area contributed by atoms with Gasteiger partial charge in [-0.2, -0.15) is 13.2 Å². The smallest absolute Gasteiger partial charge is 0.417 e. The van der Waals surface area contributed by atoms with Crippen molar-refractivity contribution in [2.24, 2.45) is 5.73 Å². The first-order chi connectivity index (χ1) is 19.6. The highest BCUT2D eigenvalue weighted by atomic mass is 35.5. The summed E-state index contributed by atoms with van der Waals surface area (Å²) in [5.41, 5.74) is 8.42. The first kappa shape index (κ1) is 30.2. The average molecular weight is 581 g/mol. The van der Waals surface area contributed by atoms with E-state index in [9.17, 15) is 18.0 Å². The molecule has 4 rings (SSSR count). The molecule has 0 aliphatic heterocycles. The zero-order valence-electron chi connectivity index (χ0n) is 22.7. The van der Waals surface area contributed by atoms with Crippen LogP contribution in [0.5, 0.6) is 5.75 Å². The number of nitrogens with zero attached hydrogens (tertiary/aromatic N) is 1. The lowest BCUT2D eigenvalue weighted by molar-refractivity contribution is -0.137. The van der Waals surface area contributed by atoms with Crippen molar-refractivity contribution in [2.45, 2.75) is 32.0 Å². The lowest BCUT2D eigenvalue weighted by atomic mass is 9.90. The third kappa shape index (κ3) is 8.12. The second-order valence-corrected chi connectivity index (χ2v) is 10.3. The topological polar surface area (TPSA) is 55.6 Å². The monoisotopic (exact) mass is 580 g/mol. The molecule has 8 heteroatoms. The van der Waals surface area contributed by atoms with E-state index in [4.69, 9.17) is 22.1 Å². The number of carbonyl (C=O) groups is 1. The highest BCUT2D eigenvalue weighted by Gasteiger charge is 2.34. The number of carbonyl (C=O) groups excluding carboxylic acids is 1. The third-order valence-corrected chi connectivity index (χ3v) is 7.42. The van der Waals surface area contributed by atoms with E-state index in [-0.39, 0.29) is 17.5 Å². The van der Waals surface area contributed by atoms with E-state index in [1.165, 1.54) is 6.07 Å². The molecule has 4 aromatic rings. The van der Waals surface area contributed by atoms with Crippen LogP contribution in [0.4, 0.5) is 13.2 Å². The summed E-state index contributed by atoms with van der Waals surface area (Å²) in [6.07, 6.45) is -3.95. The molecular weight excluding hydrogens is 549 g/mol. The number of rotatable bonds is 12. The van der Waals surface area contributed by atoms with Crippen LogP contribution in [-0.4, -0.2) is 30.5 Å². The van der Waals surface area contributed by atoms with E-state index >= 15 is 0 Å². The van der Waals surface area contributed by atoms with Crippen molar-refractivity contribution in [1.82, 2.24) is 4.90 Å². The van der Waals surface area contributed by atoms with Crippen LogP contribution in [0.1, 0.15) is 50.5 Å². The van der Waals surface area contributed by atoms with Gasteiger partial charge in [0.25, 0.3) is 0 Å². The predicted molar refractivity (Wildman–Crippen MR) is 156 cm³/mol. The fourth-order valence-corrected chi connectivity index (χ4v) is 5.10. The Morgan fingerprint density at radius 1 is 0.927 bits per heavy atom. The van der Waals surface area contributed by atoms with Gasteiger partial charge in [-0.15, -0.1) is 0 Å². The Bertz CT molecular complexity index is 1410. The van der Waals surface area contributed by atoms with Gasteiger partial charge in [0, 0.05) is 31.1 Å². The van der Waals surface area contributed by atoms with Crippen LogP contribution in [0, 0.1) is 6.92 Å². The van der Waals surface area contributed by atoms with Gasteiger partial charge in [-0.3, -0.25) is 9.69 Å². The van der Waals surface area contributed by atoms with Gasteiger partial charge in [-0.25, -0.2) is 0 Å². The zero-order valence-corrected chi connectivity index (χ0v) is 23.5. The first-order valence-electron chi connectivity index (χ1n) is 13.3. The van der Waals surface area contributed by atoms with Crippen molar-refractivity contribution in [3.8, 4) is 5.75 Å². The molecule has 0 aliphatic carbocycles. The van der Waals surface area contributed by atoms with E-state index in [1.54, 1.807) is 24.3 Å². The summed E-state index contributed by atoms with van der Waals surface area (Å²) >= 11 is 6.30. The van der Waals surface area contributed by atoms with Gasteiger partial charge in [0.05, 0.1) is 17.2 Å². The summed E-state index contributed by atoms with van der Waals surface area (Å²) in [6.45, 7) is 3.55. The Morgan fingerprint density at radius 3 is 2.15 bits per heavy atom. The number of primary amides is 1. The quantitative estimate of drug-likeness (QED) is 0.173. The minimum absolute atomic E-state index is 0.0163. The van der Waals surface area contributed by atoms with Crippen LogP contribution in [0.15, 0.2) is 97.1 Å². The number of ether oxygens (including phenoxy) is 1. The lowest BCUT2D eigenvalue weighted by Gasteiger charge is -2.29. The number of hydrogen-bond acceptors (Lipinski definition) is 3. The van der Waals surface area contributed by atoms with Gasteiger partial charge in [0.1, 0.15) is 5.75 Å². The van der Waals surface area contributed by atoms with E-state index in [0.29, 0.717) is 43.0 Å². The highest BCUT2D eigenvalue weighted by molar-refractivity contribution is 6.32. The first-order valence-corrected chi connectivity index (χ1v) is 13.7. The molecule has 0 aliphatic rings. The number of nitrogens with two attached hydrogens (primary N) is 1. The average Bonchev–Trinajstić information content (AvgIpc) is 2.95. The molecule has 0 fully saturated rings. The molecule has 0 unspecified atom stereocenters. The number of amides is 1. The van der Waals surface area contributed by atoms with Gasteiger partial charge in [-0.05, 0) is 53.8 Å². The van der Waals surface area contributed by atoms with E-state index in [2.05, 4.69) is 29.2 Å². The van der Waals surface area contributed by atoms with E-state index in [0.717, 1.165) is 22.8 Å². The molecule has 0 atom stereocenters. The molecule has 41 heavy (non-hydrogen) atoms. The molecule has 0 saturated carbocycles. The molecule has 0 spiro atoms. The normalized spacial score (nSPS) is 11.7. The molecule has 4 nitrogen and oxygen atoms in total. The predicted octanol–water partition coefficient (Wildman–Crippen LogP) is 7.87. The van der Waals surface area contributed by atoms with Crippen molar-refractivity contribution < 1.29 is 22.7 Å². The lowest BCUT2D eigenvalue weighted by Crippen LogP contribution is -2.31. The minimum Gasteiger partial charge on any atom is -0.493 e. The molecule has 2 N–H and O–H groups in total. The van der Waals surface area contributed by atoms with Gasteiger partial charge in [0.2, 0.25) is 5.91 Å². The van der Waals surface area contributed by atoms with E-state index < -0.39 is 17.6 Å². The van der Waals surface area contributed by atoms with Crippen molar-refractivity contribution in [3.63, 3.8) is 0 Å². The van der Waals surface area contributed by atoms with Crippen molar-refractivity contribution >= 4 is 17.5 Å². The van der Waals surface area contributed by atoms with Crippen molar-refractivity contribution in [3.05, 3.63) is 135 Å². The maximum absolute atomic E-state index is 13.6. The van der Waals surface area contributed by atoms with Crippen molar-refractivity contribution in [1.29, 1.82) is 0 Å². The summed E-state index contributed by atoms with van der Waals surface area (Å²) in [5, 5.41) is -0.281. The molecule has 0 saturated heterocycles. The van der Waals surface area contributed by atoms with Gasteiger partial charge in [-0.1, -0.05) is 90.5 Å². The molecule has 0 radical (unpaired) electrons. The maximum atomic E-state index is 13.6. The summed E-state index contributed by atoms with van der Waals surface area (Å²) in [5.74, 6) is 0.0180. The maximum Gasteiger partial charge on any atom is 0.417 e. The number of aryl methyl sites for hydroxylation is 1. The molecular formula is C33H32ClF3N2O2. The van der Waals surface area contributed by atoms with Crippen molar-refractivity contribution in [2.75, 3.05) is 19.7 Å². The Balaban J connectivity index is 1.57. The highest BCUT2D eigenvalue weighted by Crippen LogP contribution is 2.37. The van der Waals surface area contributed by atoms with Crippen LogP contribution in [0.25, 0.3) is 0 Å². The van der Waals surface area contributed by atoms with Crippen LogP contribution in [-0.2, 0) is 12.7 Å². The van der Waals surface area contributed by atoms with Crippen LogP contribution < -0.4 is 10.5 Å². The molecule has 0 aromatic heterocycles. The number of benzene rings is 4. The van der Waals surface area contributed by atoms with Gasteiger partial charge in [0.15, 0.2) is 0 Å². The van der Waals surface area contributed by atoms with E-state index in [1.807, 2.05) is 43.3 Å². The fraction of sp³-hybridized carbons (Fsp3) is 0.242. The number of halogens is 4. The summed E-state index contributed by atoms with van der Waals surface area (Å²) in [7, 11) is 0. The Kier molecular flexibility index (Phi) is 10.1. The number of hydrogen-bond donors (Lipinski definition) is 1. The largest absolute Gasteiger partial charge is 0.493 e. The molecule has 0 heterocycles. The SMILES string of the molecule is Cc1ccc(C(N)=O)cc1OCCCN(Cc1cccc(C(F)(F)F)c1Cl)CC(c1ccccc1)c1ccccc1. The third-order valence-electron chi connectivity index (χ3n) is 6.97. The Morgan fingerprint density at radius 2 is 1.56 bits per heavy atom. The molecule has 1 amide bonds. The standard InChI is InChI=1S/C33H32ClF3N2O2/c1-23-16-17-26(32(38)40)20-30(23)41-19-9-18-39(21-27-14-8-15-29(31(27)34)33(35,36)37)22-28(24-10-4-2-5-11-24)25-12-6-3-7-13-25/h2-8,10-17,20,28H,9,18-19,21-22H2,1H3,(H2,38,40). The summed E-state index contributed by atoms with van der Waals surface area (Å²) in [6, 6.07) is 29.2. The Hall–Kier alpha value is -3.81. The fourth-order valence-electron chi connectivity index (χ4n) is 4.81. The van der Waals surface area contributed by atoms with Crippen LogP contribution >= 0.6 is 11.6 Å². The molecule has 214 valence electrons. The molecule has 4 aromatic carbocycles. The van der Waals surface area contributed by atoms with Crippen LogP contribution in [0.3, 0.4) is 0 Å². The summed E-state index contributed by atoms with van der Waals surface area (Å²) in [4.78, 5) is 13.7. The second-order valence-electron chi connectivity index (χ2n) is 9.93. The Labute approximate surface area is 243 Å². The zero-order chi connectivity index (χ0) is 29.4. The van der Waals surface area contributed by atoms with Crippen LogP contribution in [0.2, 0.25) is 5.02 Å². The number of alkyl halides is 3. The minimum atomic E-state index is -4.54. The molecule has 0 bridgehead atoms. The summed E-state index contributed by atoms with van der Waals surface area (Å²) < 4.78 is 46.8. The van der Waals surface area contributed by atoms with Gasteiger partial charge < -0.3 is 10.5 Å². The second kappa shape index (κ2) is 13.7.